The highest BCUT2D eigenvalue weighted by Gasteiger charge is 2.02. The zero-order valence-electron chi connectivity index (χ0n) is 11.1. The third-order valence-electron chi connectivity index (χ3n) is 2.83. The second kappa shape index (κ2) is 5.63. The summed E-state index contributed by atoms with van der Waals surface area (Å²) < 4.78 is 5.72. The lowest BCUT2D eigenvalue weighted by molar-refractivity contribution is 0.464. The molecule has 1 aromatic carbocycles. The van der Waals surface area contributed by atoms with Gasteiger partial charge in [-0.25, -0.2) is 4.98 Å². The van der Waals surface area contributed by atoms with Crippen molar-refractivity contribution < 1.29 is 4.74 Å². The van der Waals surface area contributed by atoms with Crippen molar-refractivity contribution in [1.82, 2.24) is 20.3 Å². The lowest BCUT2D eigenvalue weighted by atomic mass is 10.2. The average molecular weight is 266 g/mol. The van der Waals surface area contributed by atoms with Crippen molar-refractivity contribution in [3.8, 4) is 11.6 Å². The van der Waals surface area contributed by atoms with Gasteiger partial charge in [-0.3, -0.25) is 4.98 Å². The largest absolute Gasteiger partial charge is 0.439 e. The van der Waals surface area contributed by atoms with Gasteiger partial charge in [0.15, 0.2) is 5.65 Å². The Hall–Kier alpha value is -2.53. The molecule has 0 spiro atoms. The topological polar surface area (TPSA) is 59.9 Å². The van der Waals surface area contributed by atoms with Crippen LogP contribution in [0.25, 0.3) is 11.2 Å². The normalized spacial score (nSPS) is 10.7. The Morgan fingerprint density at radius 3 is 2.60 bits per heavy atom. The first-order valence-electron chi connectivity index (χ1n) is 6.34. The molecular weight excluding hydrogens is 252 g/mol. The summed E-state index contributed by atoms with van der Waals surface area (Å²) in [7, 11) is 1.92. The van der Waals surface area contributed by atoms with Crippen LogP contribution < -0.4 is 10.1 Å². The van der Waals surface area contributed by atoms with E-state index in [-0.39, 0.29) is 0 Å². The number of hydrogen-bond donors (Lipinski definition) is 1. The average Bonchev–Trinajstić information content (AvgIpc) is 2.49. The number of nitrogens with one attached hydrogen (secondary N) is 1. The number of nitrogens with zero attached hydrogens (tertiary/aromatic N) is 3. The van der Waals surface area contributed by atoms with Crippen molar-refractivity contribution in [2.45, 2.75) is 6.54 Å². The molecule has 0 atom stereocenters. The van der Waals surface area contributed by atoms with Crippen LogP contribution in [0.3, 0.4) is 0 Å². The maximum Gasteiger partial charge on any atom is 0.221 e. The van der Waals surface area contributed by atoms with E-state index < -0.39 is 0 Å². The smallest absolute Gasteiger partial charge is 0.221 e. The SMILES string of the molecule is CNCc1ccc(Oc2ccc3nccnc3n2)cc1. The summed E-state index contributed by atoms with van der Waals surface area (Å²) in [5, 5.41) is 3.10. The number of pyridine rings is 1. The quantitative estimate of drug-likeness (QED) is 0.786. The molecule has 0 aliphatic carbocycles. The maximum absolute atomic E-state index is 5.72. The van der Waals surface area contributed by atoms with Gasteiger partial charge in [0.2, 0.25) is 5.88 Å². The Morgan fingerprint density at radius 1 is 1.00 bits per heavy atom. The molecule has 0 saturated heterocycles. The predicted octanol–water partition coefficient (Wildman–Crippen LogP) is 2.54. The first-order valence-corrected chi connectivity index (χ1v) is 6.34. The Morgan fingerprint density at radius 2 is 1.80 bits per heavy atom. The fraction of sp³-hybridized carbons (Fsp3) is 0.133. The maximum atomic E-state index is 5.72. The van der Waals surface area contributed by atoms with E-state index in [1.54, 1.807) is 18.5 Å². The lowest BCUT2D eigenvalue weighted by Gasteiger charge is -2.06. The molecule has 0 aliphatic rings. The molecule has 3 aromatic rings. The highest BCUT2D eigenvalue weighted by molar-refractivity contribution is 5.69. The summed E-state index contributed by atoms with van der Waals surface area (Å²) in [6, 6.07) is 11.5. The minimum absolute atomic E-state index is 0.513. The van der Waals surface area contributed by atoms with Crippen molar-refractivity contribution in [1.29, 1.82) is 0 Å². The van der Waals surface area contributed by atoms with E-state index in [2.05, 4.69) is 20.3 Å². The van der Waals surface area contributed by atoms with Gasteiger partial charge in [0.25, 0.3) is 0 Å². The molecule has 0 aliphatic heterocycles. The molecule has 2 heterocycles. The van der Waals surface area contributed by atoms with Gasteiger partial charge in [0.1, 0.15) is 11.3 Å². The van der Waals surface area contributed by atoms with Crippen molar-refractivity contribution >= 4 is 11.2 Å². The molecule has 1 N–H and O–H groups in total. The molecule has 0 amide bonds. The van der Waals surface area contributed by atoms with E-state index >= 15 is 0 Å². The Kier molecular flexibility index (Phi) is 3.52. The van der Waals surface area contributed by atoms with Gasteiger partial charge in [0.05, 0.1) is 0 Å². The molecule has 0 saturated carbocycles. The van der Waals surface area contributed by atoms with Crippen LogP contribution in [0.2, 0.25) is 0 Å². The summed E-state index contributed by atoms with van der Waals surface area (Å²) in [6.07, 6.45) is 3.26. The highest BCUT2D eigenvalue weighted by atomic mass is 16.5. The fourth-order valence-corrected chi connectivity index (χ4v) is 1.89. The number of benzene rings is 1. The van der Waals surface area contributed by atoms with Crippen LogP contribution in [0, 0.1) is 0 Å². The van der Waals surface area contributed by atoms with Crippen molar-refractivity contribution in [2.75, 3.05) is 7.05 Å². The number of aromatic nitrogens is 3. The predicted molar refractivity (Wildman–Crippen MR) is 76.6 cm³/mol. The van der Waals surface area contributed by atoms with Gasteiger partial charge in [-0.2, -0.15) is 4.98 Å². The minimum atomic E-state index is 0.513. The van der Waals surface area contributed by atoms with E-state index in [0.29, 0.717) is 11.5 Å². The third kappa shape index (κ3) is 2.73. The summed E-state index contributed by atoms with van der Waals surface area (Å²) in [4.78, 5) is 12.7. The van der Waals surface area contributed by atoms with E-state index in [0.717, 1.165) is 17.8 Å². The Labute approximate surface area is 116 Å². The van der Waals surface area contributed by atoms with Crippen LogP contribution in [0.15, 0.2) is 48.8 Å². The monoisotopic (exact) mass is 266 g/mol. The lowest BCUT2D eigenvalue weighted by Crippen LogP contribution is -2.04. The van der Waals surface area contributed by atoms with Gasteiger partial charge in [-0.05, 0) is 30.8 Å². The summed E-state index contributed by atoms with van der Waals surface area (Å²) in [5.74, 6) is 1.26. The number of hydrogen-bond acceptors (Lipinski definition) is 5. The van der Waals surface area contributed by atoms with Gasteiger partial charge < -0.3 is 10.1 Å². The second-order valence-electron chi connectivity index (χ2n) is 4.32. The molecular formula is C15H14N4O. The van der Waals surface area contributed by atoms with Crippen LogP contribution in [0.1, 0.15) is 5.56 Å². The van der Waals surface area contributed by atoms with Crippen LogP contribution >= 0.6 is 0 Å². The molecule has 0 bridgehead atoms. The fourth-order valence-electron chi connectivity index (χ4n) is 1.89. The van der Waals surface area contributed by atoms with Crippen LogP contribution in [0.5, 0.6) is 11.6 Å². The van der Waals surface area contributed by atoms with Gasteiger partial charge >= 0.3 is 0 Å². The van der Waals surface area contributed by atoms with Crippen molar-refractivity contribution in [3.05, 3.63) is 54.4 Å². The molecule has 5 heteroatoms. The Bertz CT molecular complexity index is 712. The molecule has 20 heavy (non-hydrogen) atoms. The van der Waals surface area contributed by atoms with Crippen LogP contribution in [-0.4, -0.2) is 22.0 Å². The standard InChI is InChI=1S/C15H14N4O/c1-16-10-11-2-4-12(5-3-11)20-14-7-6-13-15(19-14)18-9-8-17-13/h2-9,16H,10H2,1H3. The molecule has 5 nitrogen and oxygen atoms in total. The highest BCUT2D eigenvalue weighted by Crippen LogP contribution is 2.21. The summed E-state index contributed by atoms with van der Waals surface area (Å²) in [5.41, 5.74) is 2.54. The molecule has 3 rings (SSSR count). The number of rotatable bonds is 4. The first-order chi connectivity index (χ1) is 9.85. The van der Waals surface area contributed by atoms with E-state index in [1.807, 2.05) is 37.4 Å². The van der Waals surface area contributed by atoms with E-state index in [9.17, 15) is 0 Å². The first kappa shape index (κ1) is 12.5. The molecule has 0 fully saturated rings. The zero-order chi connectivity index (χ0) is 13.8. The zero-order valence-corrected chi connectivity index (χ0v) is 11.1. The van der Waals surface area contributed by atoms with E-state index in [1.165, 1.54) is 5.56 Å². The van der Waals surface area contributed by atoms with Crippen LogP contribution in [0.4, 0.5) is 0 Å². The van der Waals surface area contributed by atoms with Gasteiger partial charge in [-0.1, -0.05) is 12.1 Å². The van der Waals surface area contributed by atoms with E-state index in [4.69, 9.17) is 4.74 Å². The summed E-state index contributed by atoms with van der Waals surface area (Å²) in [6.45, 7) is 0.837. The van der Waals surface area contributed by atoms with Crippen LogP contribution in [-0.2, 0) is 6.54 Å². The molecule has 100 valence electrons. The molecule has 0 radical (unpaired) electrons. The molecule has 0 unspecified atom stereocenters. The third-order valence-corrected chi connectivity index (χ3v) is 2.83. The van der Waals surface area contributed by atoms with Crippen molar-refractivity contribution in [3.63, 3.8) is 0 Å². The number of fused-ring (bicyclic) bond motifs is 1. The van der Waals surface area contributed by atoms with Gasteiger partial charge in [-0.15, -0.1) is 0 Å². The Balaban J connectivity index is 1.81. The molecule has 2 aromatic heterocycles. The van der Waals surface area contributed by atoms with Gasteiger partial charge in [0, 0.05) is 25.0 Å². The van der Waals surface area contributed by atoms with Crippen molar-refractivity contribution in [2.24, 2.45) is 0 Å². The summed E-state index contributed by atoms with van der Waals surface area (Å²) >= 11 is 0. The second-order valence-corrected chi connectivity index (χ2v) is 4.32. The minimum Gasteiger partial charge on any atom is -0.439 e. The number of ether oxygens (including phenoxy) is 1.